The van der Waals surface area contributed by atoms with E-state index < -0.39 is 0 Å². The molecule has 2 fully saturated rings. The maximum Gasteiger partial charge on any atom is 0.128 e. The van der Waals surface area contributed by atoms with E-state index in [0.717, 1.165) is 18.8 Å². The highest BCUT2D eigenvalue weighted by Gasteiger charge is 2.50. The lowest BCUT2D eigenvalue weighted by molar-refractivity contribution is -0.181. The highest BCUT2D eigenvalue weighted by atomic mass is 16.6. The molecule has 14 heavy (non-hydrogen) atoms. The minimum atomic E-state index is -0.0856. The molecule has 0 bridgehead atoms. The number of ether oxygens (including phenoxy) is 2. The van der Waals surface area contributed by atoms with Crippen molar-refractivity contribution >= 4 is 0 Å². The molecule has 1 saturated carbocycles. The summed E-state index contributed by atoms with van der Waals surface area (Å²) >= 11 is 0. The largest absolute Gasteiger partial charge is 0.492 e. The minimum Gasteiger partial charge on any atom is -0.492 e. The number of hydrogen-bond donors (Lipinski definition) is 0. The van der Waals surface area contributed by atoms with Crippen LogP contribution in [0.15, 0.2) is 24.0 Å². The van der Waals surface area contributed by atoms with Crippen molar-refractivity contribution in [1.82, 2.24) is 0 Å². The Morgan fingerprint density at radius 1 is 1.43 bits per heavy atom. The standard InChI is InChI=1S/C12H18O2/c1-3-4-5-11-12(7-6-10(12)2)14-9-8-13-11/h3-5,10H,6-9H2,1-2H3/b4-3-,11-5+. The van der Waals surface area contributed by atoms with Crippen LogP contribution in [-0.2, 0) is 9.47 Å². The number of hydrogen-bond acceptors (Lipinski definition) is 2. The molecule has 2 unspecified atom stereocenters. The molecule has 1 spiro atoms. The van der Waals surface area contributed by atoms with E-state index in [1.165, 1.54) is 6.42 Å². The number of allylic oxidation sites excluding steroid dienone is 3. The van der Waals surface area contributed by atoms with Crippen molar-refractivity contribution in [2.24, 2.45) is 5.92 Å². The van der Waals surface area contributed by atoms with Crippen molar-refractivity contribution in [1.29, 1.82) is 0 Å². The normalized spacial score (nSPS) is 40.1. The van der Waals surface area contributed by atoms with Crippen LogP contribution in [0.25, 0.3) is 0 Å². The molecule has 2 heteroatoms. The van der Waals surface area contributed by atoms with E-state index in [-0.39, 0.29) is 5.60 Å². The van der Waals surface area contributed by atoms with Crippen LogP contribution in [0.2, 0.25) is 0 Å². The second-order valence-electron chi connectivity index (χ2n) is 4.08. The molecule has 0 aromatic rings. The molecule has 0 amide bonds. The molecule has 1 saturated heterocycles. The van der Waals surface area contributed by atoms with Crippen molar-refractivity contribution < 1.29 is 9.47 Å². The fraction of sp³-hybridized carbons (Fsp3) is 0.667. The highest BCUT2D eigenvalue weighted by Crippen LogP contribution is 2.48. The van der Waals surface area contributed by atoms with Gasteiger partial charge < -0.3 is 9.47 Å². The lowest BCUT2D eigenvalue weighted by atomic mass is 9.68. The van der Waals surface area contributed by atoms with Crippen LogP contribution in [0.4, 0.5) is 0 Å². The molecule has 78 valence electrons. The van der Waals surface area contributed by atoms with E-state index in [0.29, 0.717) is 12.5 Å². The van der Waals surface area contributed by atoms with Gasteiger partial charge in [-0.25, -0.2) is 0 Å². The highest BCUT2D eigenvalue weighted by molar-refractivity contribution is 5.23. The van der Waals surface area contributed by atoms with Crippen molar-refractivity contribution in [3.63, 3.8) is 0 Å². The summed E-state index contributed by atoms with van der Waals surface area (Å²) in [6.45, 7) is 5.68. The van der Waals surface area contributed by atoms with Gasteiger partial charge in [0.15, 0.2) is 0 Å². The Morgan fingerprint density at radius 2 is 2.29 bits per heavy atom. The molecule has 2 nitrogen and oxygen atoms in total. The maximum absolute atomic E-state index is 5.90. The van der Waals surface area contributed by atoms with Gasteiger partial charge in [0.1, 0.15) is 18.0 Å². The Labute approximate surface area is 85.6 Å². The summed E-state index contributed by atoms with van der Waals surface area (Å²) in [5.41, 5.74) is -0.0856. The maximum atomic E-state index is 5.90. The summed E-state index contributed by atoms with van der Waals surface area (Å²) in [4.78, 5) is 0. The van der Waals surface area contributed by atoms with E-state index in [9.17, 15) is 0 Å². The van der Waals surface area contributed by atoms with Crippen molar-refractivity contribution in [3.8, 4) is 0 Å². The molecule has 0 aromatic heterocycles. The first kappa shape index (κ1) is 9.78. The third kappa shape index (κ3) is 1.38. The summed E-state index contributed by atoms with van der Waals surface area (Å²) in [6.07, 6.45) is 8.45. The molecular weight excluding hydrogens is 176 g/mol. The average Bonchev–Trinajstić information content (AvgIpc) is 2.24. The van der Waals surface area contributed by atoms with Crippen LogP contribution in [0.5, 0.6) is 0 Å². The van der Waals surface area contributed by atoms with Crippen LogP contribution >= 0.6 is 0 Å². The van der Waals surface area contributed by atoms with Gasteiger partial charge in [-0.3, -0.25) is 0 Å². The van der Waals surface area contributed by atoms with E-state index >= 15 is 0 Å². The molecule has 2 aliphatic rings. The minimum absolute atomic E-state index is 0.0856. The Hall–Kier alpha value is -0.760. The lowest BCUT2D eigenvalue weighted by Gasteiger charge is -2.50. The van der Waals surface area contributed by atoms with Crippen LogP contribution < -0.4 is 0 Å². The van der Waals surface area contributed by atoms with Crippen LogP contribution in [-0.4, -0.2) is 18.8 Å². The zero-order valence-electron chi connectivity index (χ0n) is 8.95. The van der Waals surface area contributed by atoms with Gasteiger partial charge in [0, 0.05) is 0 Å². The Balaban J connectivity index is 2.19. The first-order valence-corrected chi connectivity index (χ1v) is 5.40. The van der Waals surface area contributed by atoms with Gasteiger partial charge in [0.05, 0.1) is 6.61 Å². The quantitative estimate of drug-likeness (QED) is 0.639. The van der Waals surface area contributed by atoms with Gasteiger partial charge in [-0.2, -0.15) is 0 Å². The first-order chi connectivity index (χ1) is 6.79. The third-order valence-electron chi connectivity index (χ3n) is 3.30. The van der Waals surface area contributed by atoms with Crippen LogP contribution in [0.3, 0.4) is 0 Å². The van der Waals surface area contributed by atoms with Gasteiger partial charge in [0.25, 0.3) is 0 Å². The predicted molar refractivity (Wildman–Crippen MR) is 55.9 cm³/mol. The number of rotatable bonds is 1. The van der Waals surface area contributed by atoms with Gasteiger partial charge in [-0.15, -0.1) is 0 Å². The van der Waals surface area contributed by atoms with E-state index in [4.69, 9.17) is 9.47 Å². The van der Waals surface area contributed by atoms with E-state index in [1.54, 1.807) is 0 Å². The third-order valence-corrected chi connectivity index (χ3v) is 3.30. The summed E-state index contributed by atoms with van der Waals surface area (Å²) in [6, 6.07) is 0. The molecule has 1 aliphatic heterocycles. The fourth-order valence-electron chi connectivity index (χ4n) is 2.22. The molecule has 1 aliphatic carbocycles. The molecule has 0 radical (unpaired) electrons. The van der Waals surface area contributed by atoms with Crippen LogP contribution in [0, 0.1) is 5.92 Å². The monoisotopic (exact) mass is 194 g/mol. The van der Waals surface area contributed by atoms with Gasteiger partial charge in [-0.05, 0) is 31.8 Å². The lowest BCUT2D eigenvalue weighted by Crippen LogP contribution is -2.53. The molecular formula is C12H18O2. The zero-order chi connectivity index (χ0) is 10.0. The van der Waals surface area contributed by atoms with Crippen molar-refractivity contribution in [2.45, 2.75) is 32.3 Å². The molecule has 0 N–H and O–H groups in total. The van der Waals surface area contributed by atoms with Gasteiger partial charge >= 0.3 is 0 Å². The van der Waals surface area contributed by atoms with Crippen molar-refractivity contribution in [2.75, 3.05) is 13.2 Å². The smallest absolute Gasteiger partial charge is 0.128 e. The van der Waals surface area contributed by atoms with Gasteiger partial charge in [0.2, 0.25) is 0 Å². The molecule has 2 atom stereocenters. The molecule has 2 rings (SSSR count). The Kier molecular flexibility index (Phi) is 2.64. The summed E-state index contributed by atoms with van der Waals surface area (Å²) in [7, 11) is 0. The van der Waals surface area contributed by atoms with E-state index in [1.807, 2.05) is 19.1 Å². The summed E-state index contributed by atoms with van der Waals surface area (Å²) in [5, 5.41) is 0. The average molecular weight is 194 g/mol. The fourth-order valence-corrected chi connectivity index (χ4v) is 2.22. The predicted octanol–water partition coefficient (Wildman–Crippen LogP) is 2.66. The zero-order valence-corrected chi connectivity index (χ0v) is 8.95. The van der Waals surface area contributed by atoms with Gasteiger partial charge in [-0.1, -0.05) is 19.1 Å². The summed E-state index contributed by atoms with van der Waals surface area (Å²) < 4.78 is 11.6. The summed E-state index contributed by atoms with van der Waals surface area (Å²) in [5.74, 6) is 1.62. The van der Waals surface area contributed by atoms with E-state index in [2.05, 4.69) is 13.0 Å². The second kappa shape index (κ2) is 3.77. The molecule has 1 heterocycles. The van der Waals surface area contributed by atoms with Crippen LogP contribution in [0.1, 0.15) is 26.7 Å². The Morgan fingerprint density at radius 3 is 2.86 bits per heavy atom. The topological polar surface area (TPSA) is 18.5 Å². The van der Waals surface area contributed by atoms with Crippen molar-refractivity contribution in [3.05, 3.63) is 24.0 Å². The molecule has 0 aromatic carbocycles. The SMILES string of the molecule is C/C=C\C=C1\OCCOC12CCC2C. The Bertz CT molecular complexity index is 267. The first-order valence-electron chi connectivity index (χ1n) is 5.40. The second-order valence-corrected chi connectivity index (χ2v) is 4.08.